The second kappa shape index (κ2) is 5.61. The molecule has 1 aromatic heterocycles. The van der Waals surface area contributed by atoms with Crippen molar-refractivity contribution in [1.82, 2.24) is 4.90 Å². The lowest BCUT2D eigenvalue weighted by Gasteiger charge is -2.27. The van der Waals surface area contributed by atoms with E-state index in [0.29, 0.717) is 0 Å². The van der Waals surface area contributed by atoms with Gasteiger partial charge in [0.1, 0.15) is 0 Å². The first-order valence-corrected chi connectivity index (χ1v) is 6.33. The van der Waals surface area contributed by atoms with Gasteiger partial charge in [-0.3, -0.25) is 4.90 Å². The number of nitrogens with zero attached hydrogens (tertiary/aromatic N) is 1. The van der Waals surface area contributed by atoms with Gasteiger partial charge in [-0.05, 0) is 17.9 Å². The molecule has 3 nitrogen and oxygen atoms in total. The van der Waals surface area contributed by atoms with Crippen molar-refractivity contribution in [3.8, 4) is 0 Å². The Kier molecular flexibility index (Phi) is 4.14. The van der Waals surface area contributed by atoms with Gasteiger partial charge in [0.25, 0.3) is 0 Å². The van der Waals surface area contributed by atoms with Crippen LogP contribution in [0.4, 0.5) is 0 Å². The normalized spacial score (nSPS) is 20.3. The summed E-state index contributed by atoms with van der Waals surface area (Å²) in [6.45, 7) is 4.93. The fraction of sp³-hybridized carbons (Fsp3) is 0.636. The van der Waals surface area contributed by atoms with E-state index >= 15 is 0 Å². The zero-order valence-corrected chi connectivity index (χ0v) is 9.71. The molecule has 2 rings (SSSR count). The summed E-state index contributed by atoms with van der Waals surface area (Å²) in [4.78, 5) is 3.72. The van der Waals surface area contributed by atoms with Gasteiger partial charge in [0.15, 0.2) is 0 Å². The van der Waals surface area contributed by atoms with Crippen LogP contribution < -0.4 is 5.73 Å². The standard InChI is InChI=1S/C11H18N2OS/c12-10(11-2-1-9-15-11)3-4-13-5-7-14-8-6-13/h1-2,9-10H,3-8,12H2. The molecule has 15 heavy (non-hydrogen) atoms. The first-order chi connectivity index (χ1) is 7.36. The third-order valence-electron chi connectivity index (χ3n) is 2.77. The number of nitrogens with two attached hydrogens (primary N) is 1. The highest BCUT2D eigenvalue weighted by Gasteiger charge is 2.13. The van der Waals surface area contributed by atoms with E-state index in [1.165, 1.54) is 4.88 Å². The van der Waals surface area contributed by atoms with Crippen LogP contribution in [0.1, 0.15) is 17.3 Å². The monoisotopic (exact) mass is 226 g/mol. The van der Waals surface area contributed by atoms with Crippen molar-refractivity contribution in [2.45, 2.75) is 12.5 Å². The topological polar surface area (TPSA) is 38.5 Å². The molecule has 1 fully saturated rings. The van der Waals surface area contributed by atoms with E-state index in [4.69, 9.17) is 10.5 Å². The highest BCUT2D eigenvalue weighted by atomic mass is 32.1. The number of ether oxygens (including phenoxy) is 1. The molecule has 0 spiro atoms. The van der Waals surface area contributed by atoms with Crippen LogP contribution in [-0.2, 0) is 4.74 Å². The van der Waals surface area contributed by atoms with Crippen molar-refractivity contribution in [1.29, 1.82) is 0 Å². The molecule has 2 heterocycles. The Morgan fingerprint density at radius 3 is 2.93 bits per heavy atom. The van der Waals surface area contributed by atoms with Crippen molar-refractivity contribution < 1.29 is 4.74 Å². The highest BCUT2D eigenvalue weighted by Crippen LogP contribution is 2.19. The maximum atomic E-state index is 6.11. The van der Waals surface area contributed by atoms with Crippen LogP contribution in [0, 0.1) is 0 Å². The largest absolute Gasteiger partial charge is 0.379 e. The molecule has 1 aliphatic rings. The molecule has 0 radical (unpaired) electrons. The molecule has 1 atom stereocenters. The van der Waals surface area contributed by atoms with E-state index in [9.17, 15) is 0 Å². The van der Waals surface area contributed by atoms with Gasteiger partial charge in [0.2, 0.25) is 0 Å². The third-order valence-corrected chi connectivity index (χ3v) is 3.77. The van der Waals surface area contributed by atoms with Crippen molar-refractivity contribution in [3.05, 3.63) is 22.4 Å². The maximum Gasteiger partial charge on any atom is 0.0594 e. The van der Waals surface area contributed by atoms with Crippen LogP contribution in [-0.4, -0.2) is 37.7 Å². The molecular formula is C11H18N2OS. The average molecular weight is 226 g/mol. The Morgan fingerprint density at radius 2 is 2.27 bits per heavy atom. The fourth-order valence-electron chi connectivity index (χ4n) is 1.79. The first kappa shape index (κ1) is 11.1. The molecule has 0 aromatic carbocycles. The molecule has 84 valence electrons. The fourth-order valence-corrected chi connectivity index (χ4v) is 2.55. The van der Waals surface area contributed by atoms with Gasteiger partial charge in [-0.1, -0.05) is 6.07 Å². The Balaban J connectivity index is 1.73. The van der Waals surface area contributed by atoms with E-state index in [-0.39, 0.29) is 6.04 Å². The molecule has 0 bridgehead atoms. The molecule has 4 heteroatoms. The number of rotatable bonds is 4. The van der Waals surface area contributed by atoms with Crippen LogP contribution in [0.15, 0.2) is 17.5 Å². The van der Waals surface area contributed by atoms with E-state index in [2.05, 4.69) is 22.4 Å². The summed E-state index contributed by atoms with van der Waals surface area (Å²) >= 11 is 1.75. The van der Waals surface area contributed by atoms with Crippen molar-refractivity contribution in [2.24, 2.45) is 5.73 Å². The summed E-state index contributed by atoms with van der Waals surface area (Å²) in [5, 5.41) is 2.09. The number of morpholine rings is 1. The number of thiophene rings is 1. The minimum absolute atomic E-state index is 0.202. The summed E-state index contributed by atoms with van der Waals surface area (Å²) in [6, 6.07) is 4.39. The molecule has 1 saturated heterocycles. The summed E-state index contributed by atoms with van der Waals surface area (Å²) < 4.78 is 5.31. The second-order valence-corrected chi connectivity index (χ2v) is 4.84. The van der Waals surface area contributed by atoms with Gasteiger partial charge >= 0.3 is 0 Å². The third kappa shape index (κ3) is 3.28. The molecular weight excluding hydrogens is 208 g/mol. The van der Waals surface area contributed by atoms with Gasteiger partial charge in [-0.15, -0.1) is 11.3 Å². The lowest BCUT2D eigenvalue weighted by molar-refractivity contribution is 0.0366. The quantitative estimate of drug-likeness (QED) is 0.845. The number of hydrogen-bond donors (Lipinski definition) is 1. The van der Waals surface area contributed by atoms with E-state index < -0.39 is 0 Å². The molecule has 1 aromatic rings. The van der Waals surface area contributed by atoms with Gasteiger partial charge in [0.05, 0.1) is 13.2 Å². The van der Waals surface area contributed by atoms with Crippen LogP contribution in [0.25, 0.3) is 0 Å². The van der Waals surface area contributed by atoms with Gasteiger partial charge < -0.3 is 10.5 Å². The minimum Gasteiger partial charge on any atom is -0.379 e. The molecule has 0 amide bonds. The Labute approximate surface area is 94.8 Å². The molecule has 0 aliphatic carbocycles. The second-order valence-electron chi connectivity index (χ2n) is 3.86. The zero-order chi connectivity index (χ0) is 10.5. The smallest absolute Gasteiger partial charge is 0.0594 e. The van der Waals surface area contributed by atoms with E-state index in [1.807, 2.05) is 0 Å². The molecule has 1 aliphatic heterocycles. The lowest BCUT2D eigenvalue weighted by atomic mass is 10.2. The summed E-state index contributed by atoms with van der Waals surface area (Å²) in [5.41, 5.74) is 6.11. The minimum atomic E-state index is 0.202. The highest BCUT2D eigenvalue weighted by molar-refractivity contribution is 7.10. The maximum absolute atomic E-state index is 6.11. The van der Waals surface area contributed by atoms with E-state index in [1.54, 1.807) is 11.3 Å². The van der Waals surface area contributed by atoms with Crippen LogP contribution >= 0.6 is 11.3 Å². The molecule has 1 unspecified atom stereocenters. The summed E-state index contributed by atoms with van der Waals surface area (Å²) in [6.07, 6.45) is 1.04. The van der Waals surface area contributed by atoms with Gasteiger partial charge in [-0.2, -0.15) is 0 Å². The number of hydrogen-bond acceptors (Lipinski definition) is 4. The zero-order valence-electron chi connectivity index (χ0n) is 8.89. The van der Waals surface area contributed by atoms with Crippen molar-refractivity contribution >= 4 is 11.3 Å². The van der Waals surface area contributed by atoms with Crippen LogP contribution in [0.2, 0.25) is 0 Å². The molecule has 2 N–H and O–H groups in total. The summed E-state index contributed by atoms with van der Waals surface area (Å²) in [7, 11) is 0. The van der Waals surface area contributed by atoms with Crippen LogP contribution in [0.5, 0.6) is 0 Å². The van der Waals surface area contributed by atoms with Gasteiger partial charge in [-0.25, -0.2) is 0 Å². The predicted molar refractivity (Wildman–Crippen MR) is 63.1 cm³/mol. The lowest BCUT2D eigenvalue weighted by Crippen LogP contribution is -2.37. The van der Waals surface area contributed by atoms with Crippen molar-refractivity contribution in [2.75, 3.05) is 32.8 Å². The summed E-state index contributed by atoms with van der Waals surface area (Å²) in [5.74, 6) is 0. The Hall–Kier alpha value is -0.420. The molecule has 0 saturated carbocycles. The van der Waals surface area contributed by atoms with Gasteiger partial charge in [0, 0.05) is 30.6 Å². The average Bonchev–Trinajstić information content (AvgIpc) is 2.81. The first-order valence-electron chi connectivity index (χ1n) is 5.45. The van der Waals surface area contributed by atoms with E-state index in [0.717, 1.165) is 39.3 Å². The Bertz CT molecular complexity index is 270. The van der Waals surface area contributed by atoms with Crippen molar-refractivity contribution in [3.63, 3.8) is 0 Å². The van der Waals surface area contributed by atoms with Crippen LogP contribution in [0.3, 0.4) is 0 Å². The Morgan fingerprint density at radius 1 is 1.47 bits per heavy atom. The predicted octanol–water partition coefficient (Wildman–Crippen LogP) is 1.47. The SMILES string of the molecule is NC(CCN1CCOCC1)c1cccs1.